The molecule has 1 aromatic heterocycles. The molecule has 0 amide bonds. The molecule has 3 rings (SSSR count). The number of anilines is 1. The zero-order valence-corrected chi connectivity index (χ0v) is 14.6. The number of nitrogens with one attached hydrogen (secondary N) is 2. The van der Waals surface area contributed by atoms with Gasteiger partial charge in [-0.15, -0.1) is 0 Å². The molecule has 0 spiro atoms. The van der Waals surface area contributed by atoms with E-state index in [9.17, 15) is 10.1 Å². The predicted molar refractivity (Wildman–Crippen MR) is 102 cm³/mol. The summed E-state index contributed by atoms with van der Waals surface area (Å²) in [5, 5.41) is 19.3. The van der Waals surface area contributed by atoms with Crippen LogP contribution in [0.4, 0.5) is 5.69 Å². The van der Waals surface area contributed by atoms with Crippen LogP contribution >= 0.6 is 0 Å². The smallest absolute Gasteiger partial charge is 0.274 e. The lowest BCUT2D eigenvalue weighted by Crippen LogP contribution is -2.23. The molecule has 0 aliphatic carbocycles. The summed E-state index contributed by atoms with van der Waals surface area (Å²) in [6.45, 7) is 3.35. The minimum atomic E-state index is -0.459. The quantitative estimate of drug-likeness (QED) is 0.368. The minimum absolute atomic E-state index is 0.369. The lowest BCUT2D eigenvalue weighted by Gasteiger charge is -2.13. The molecule has 7 heteroatoms. The van der Waals surface area contributed by atoms with Crippen molar-refractivity contribution in [3.8, 4) is 0 Å². The van der Waals surface area contributed by atoms with Gasteiger partial charge in [-0.2, -0.15) is 0 Å². The molecule has 0 radical (unpaired) electrons. The summed E-state index contributed by atoms with van der Waals surface area (Å²) in [6.07, 6.45) is 5.55. The van der Waals surface area contributed by atoms with Gasteiger partial charge in [-0.3, -0.25) is 10.1 Å². The lowest BCUT2D eigenvalue weighted by molar-refractivity contribution is -0.403. The fourth-order valence-corrected chi connectivity index (χ4v) is 2.79. The number of hydrogen-bond acceptors (Lipinski definition) is 5. The van der Waals surface area contributed by atoms with E-state index < -0.39 is 4.92 Å². The molecule has 3 aromatic rings. The molecular weight excluding hydrogens is 330 g/mol. The summed E-state index contributed by atoms with van der Waals surface area (Å²) in [4.78, 5) is 14.7. The first-order valence-electron chi connectivity index (χ1n) is 8.44. The SMILES string of the molecule is Cc1cn(CCCN/C(=C\[N+](=O)[O-])Nc2cccc3ccccc23)cn1. The number of aryl methyl sites for hydroxylation is 2. The topological polar surface area (TPSA) is 85.0 Å². The van der Waals surface area contributed by atoms with E-state index >= 15 is 0 Å². The van der Waals surface area contributed by atoms with Gasteiger partial charge < -0.3 is 15.2 Å². The molecule has 2 aromatic carbocycles. The number of hydrogen-bond donors (Lipinski definition) is 2. The molecule has 2 N–H and O–H groups in total. The minimum Gasteiger partial charge on any atom is -0.366 e. The number of benzene rings is 2. The highest BCUT2D eigenvalue weighted by molar-refractivity contribution is 5.94. The maximum atomic E-state index is 11.0. The third-order valence-corrected chi connectivity index (χ3v) is 3.96. The third kappa shape index (κ3) is 4.60. The Bertz CT molecular complexity index is 927. The summed E-state index contributed by atoms with van der Waals surface area (Å²) >= 11 is 0. The highest BCUT2D eigenvalue weighted by Gasteiger charge is 2.06. The van der Waals surface area contributed by atoms with Crippen LogP contribution in [-0.2, 0) is 6.54 Å². The summed E-state index contributed by atoms with van der Waals surface area (Å²) < 4.78 is 2.01. The zero-order valence-electron chi connectivity index (χ0n) is 14.6. The van der Waals surface area contributed by atoms with Crippen molar-refractivity contribution in [2.24, 2.45) is 0 Å². The highest BCUT2D eigenvalue weighted by atomic mass is 16.6. The van der Waals surface area contributed by atoms with Gasteiger partial charge in [-0.05, 0) is 24.8 Å². The molecule has 0 bridgehead atoms. The summed E-state index contributed by atoms with van der Waals surface area (Å²) in [5.74, 6) is 0.369. The van der Waals surface area contributed by atoms with E-state index in [1.165, 1.54) is 0 Å². The van der Waals surface area contributed by atoms with Crippen molar-refractivity contribution in [3.05, 3.63) is 82.8 Å². The van der Waals surface area contributed by atoms with Crippen molar-refractivity contribution in [3.63, 3.8) is 0 Å². The Morgan fingerprint density at radius 1 is 1.27 bits per heavy atom. The molecule has 0 saturated carbocycles. The average Bonchev–Trinajstić information content (AvgIpc) is 3.04. The van der Waals surface area contributed by atoms with Crippen LogP contribution in [0.1, 0.15) is 12.1 Å². The number of fused-ring (bicyclic) bond motifs is 1. The molecule has 0 unspecified atom stereocenters. The number of imidazole rings is 1. The van der Waals surface area contributed by atoms with E-state index in [-0.39, 0.29) is 0 Å². The first-order chi connectivity index (χ1) is 12.6. The molecule has 0 saturated heterocycles. The molecule has 1 heterocycles. The Balaban J connectivity index is 1.65. The van der Waals surface area contributed by atoms with Gasteiger partial charge in [0.2, 0.25) is 0 Å². The van der Waals surface area contributed by atoms with E-state index in [2.05, 4.69) is 15.6 Å². The zero-order chi connectivity index (χ0) is 18.4. The molecule has 0 fully saturated rings. The Kier molecular flexibility index (Phi) is 5.48. The first kappa shape index (κ1) is 17.5. The molecule has 134 valence electrons. The largest absolute Gasteiger partial charge is 0.366 e. The number of aromatic nitrogens is 2. The van der Waals surface area contributed by atoms with Gasteiger partial charge in [0.15, 0.2) is 5.82 Å². The van der Waals surface area contributed by atoms with Crippen LogP contribution in [0.3, 0.4) is 0 Å². The standard InChI is InChI=1S/C19H21N5O2/c1-15-12-23(14-21-15)11-5-10-20-19(13-24(25)26)22-18-9-4-7-16-6-2-3-8-17(16)18/h2-4,6-9,12-14,20,22H,5,10-11H2,1H3/b19-13+. The Labute approximate surface area is 151 Å². The average molecular weight is 351 g/mol. The van der Waals surface area contributed by atoms with Gasteiger partial charge in [-0.1, -0.05) is 36.4 Å². The number of nitro groups is 1. The second kappa shape index (κ2) is 8.15. The van der Waals surface area contributed by atoms with E-state index in [0.29, 0.717) is 12.4 Å². The van der Waals surface area contributed by atoms with E-state index in [4.69, 9.17) is 0 Å². The van der Waals surface area contributed by atoms with Gasteiger partial charge >= 0.3 is 0 Å². The summed E-state index contributed by atoms with van der Waals surface area (Å²) in [7, 11) is 0. The molecule has 0 atom stereocenters. The van der Waals surface area contributed by atoms with Crippen molar-refractivity contribution in [1.29, 1.82) is 0 Å². The second-order valence-electron chi connectivity index (χ2n) is 6.01. The van der Waals surface area contributed by atoms with Crippen LogP contribution in [0.15, 0.2) is 67.0 Å². The normalized spacial score (nSPS) is 11.5. The Morgan fingerprint density at radius 2 is 2.08 bits per heavy atom. The molecule has 0 aliphatic heterocycles. The van der Waals surface area contributed by atoms with Crippen molar-refractivity contribution in [2.75, 3.05) is 11.9 Å². The van der Waals surface area contributed by atoms with Crippen molar-refractivity contribution >= 4 is 16.5 Å². The lowest BCUT2D eigenvalue weighted by atomic mass is 10.1. The molecule has 7 nitrogen and oxygen atoms in total. The van der Waals surface area contributed by atoms with Gasteiger partial charge in [0.1, 0.15) is 0 Å². The Morgan fingerprint density at radius 3 is 2.85 bits per heavy atom. The monoisotopic (exact) mass is 351 g/mol. The van der Waals surface area contributed by atoms with Crippen molar-refractivity contribution in [2.45, 2.75) is 19.9 Å². The van der Waals surface area contributed by atoms with E-state index in [0.717, 1.165) is 41.3 Å². The third-order valence-electron chi connectivity index (χ3n) is 3.96. The highest BCUT2D eigenvalue weighted by Crippen LogP contribution is 2.23. The molecular formula is C19H21N5O2. The summed E-state index contributed by atoms with van der Waals surface area (Å²) in [5.41, 5.74) is 1.80. The fraction of sp³-hybridized carbons (Fsp3) is 0.211. The maximum Gasteiger partial charge on any atom is 0.274 e. The summed E-state index contributed by atoms with van der Waals surface area (Å²) in [6, 6.07) is 13.8. The van der Waals surface area contributed by atoms with E-state index in [1.807, 2.05) is 60.2 Å². The Hall–Kier alpha value is -3.35. The van der Waals surface area contributed by atoms with Gasteiger partial charge in [-0.25, -0.2) is 4.98 Å². The van der Waals surface area contributed by atoms with Crippen LogP contribution in [0.25, 0.3) is 10.8 Å². The predicted octanol–water partition coefficient (Wildman–Crippen LogP) is 3.51. The van der Waals surface area contributed by atoms with Crippen LogP contribution in [-0.4, -0.2) is 21.0 Å². The maximum absolute atomic E-state index is 11.0. The van der Waals surface area contributed by atoms with Gasteiger partial charge in [0.25, 0.3) is 6.20 Å². The van der Waals surface area contributed by atoms with Crippen molar-refractivity contribution in [1.82, 2.24) is 14.9 Å². The van der Waals surface area contributed by atoms with Gasteiger partial charge in [0, 0.05) is 30.4 Å². The van der Waals surface area contributed by atoms with Crippen LogP contribution < -0.4 is 10.6 Å². The number of rotatable bonds is 8. The van der Waals surface area contributed by atoms with E-state index in [1.54, 1.807) is 6.33 Å². The molecule has 0 aliphatic rings. The van der Waals surface area contributed by atoms with Crippen LogP contribution in [0, 0.1) is 17.0 Å². The first-order valence-corrected chi connectivity index (χ1v) is 8.44. The van der Waals surface area contributed by atoms with Crippen molar-refractivity contribution < 1.29 is 4.92 Å². The second-order valence-corrected chi connectivity index (χ2v) is 6.01. The fourth-order valence-electron chi connectivity index (χ4n) is 2.79. The van der Waals surface area contributed by atoms with Crippen LogP contribution in [0.2, 0.25) is 0 Å². The number of nitrogens with zero attached hydrogens (tertiary/aromatic N) is 3. The molecule has 26 heavy (non-hydrogen) atoms. The van der Waals surface area contributed by atoms with Crippen LogP contribution in [0.5, 0.6) is 0 Å². The van der Waals surface area contributed by atoms with Gasteiger partial charge in [0.05, 0.1) is 16.9 Å².